The molecule has 1 aliphatic rings. The second-order valence-corrected chi connectivity index (χ2v) is 2.02. The molecule has 0 amide bonds. The third kappa shape index (κ3) is 1.30. The van der Waals surface area contributed by atoms with E-state index in [1.807, 2.05) is 0 Å². The third-order valence-electron chi connectivity index (χ3n) is 1.37. The fourth-order valence-electron chi connectivity index (χ4n) is 0.852. The molecule has 1 radical (unpaired) electrons. The topological polar surface area (TPSA) is 29.1 Å². The zero-order valence-electron chi connectivity index (χ0n) is 4.76. The lowest BCUT2D eigenvalue weighted by molar-refractivity contribution is -0.109. The molecule has 0 bridgehead atoms. The minimum Gasteiger partial charge on any atom is -0.307 e. The van der Waals surface area contributed by atoms with Crippen LogP contribution in [0.15, 0.2) is 0 Å². The summed E-state index contributed by atoms with van der Waals surface area (Å²) in [6, 6.07) is 0.125. The zero-order valence-corrected chi connectivity index (χ0v) is 4.76. The van der Waals surface area contributed by atoms with Crippen LogP contribution in [-0.4, -0.2) is 18.9 Å². The van der Waals surface area contributed by atoms with Gasteiger partial charge in [-0.2, -0.15) is 0 Å². The van der Waals surface area contributed by atoms with Gasteiger partial charge in [0.05, 0.1) is 6.04 Å². The van der Waals surface area contributed by atoms with Gasteiger partial charge in [-0.15, -0.1) is 0 Å². The lowest BCUT2D eigenvalue weighted by Crippen LogP contribution is -2.35. The van der Waals surface area contributed by atoms with E-state index in [0.29, 0.717) is 0 Å². The fourth-order valence-corrected chi connectivity index (χ4v) is 0.852. The molecule has 1 aliphatic heterocycles. The Morgan fingerprint density at radius 1 is 1.75 bits per heavy atom. The molecule has 1 unspecified atom stereocenters. The summed E-state index contributed by atoms with van der Waals surface area (Å²) in [6.07, 6.45) is 5.19. The van der Waals surface area contributed by atoms with E-state index in [-0.39, 0.29) is 6.04 Å². The van der Waals surface area contributed by atoms with Gasteiger partial charge in [-0.05, 0) is 25.8 Å². The van der Waals surface area contributed by atoms with Crippen molar-refractivity contribution in [3.8, 4) is 0 Å². The molecule has 0 aromatic carbocycles. The largest absolute Gasteiger partial charge is 0.307 e. The standard InChI is InChI=1S/C6H10NO/c8-5-6-3-1-2-4-7-6/h2,5-7H,1,3-4H2. The molecule has 45 valence electrons. The Morgan fingerprint density at radius 3 is 3.00 bits per heavy atom. The Labute approximate surface area is 49.3 Å². The van der Waals surface area contributed by atoms with Crippen LogP contribution < -0.4 is 5.32 Å². The second-order valence-electron chi connectivity index (χ2n) is 2.02. The second kappa shape index (κ2) is 2.82. The van der Waals surface area contributed by atoms with Gasteiger partial charge < -0.3 is 10.1 Å². The molecule has 0 aromatic rings. The number of carbonyl (C=O) groups is 1. The summed E-state index contributed by atoms with van der Waals surface area (Å²) >= 11 is 0. The quantitative estimate of drug-likeness (QED) is 0.489. The Bertz CT molecular complexity index is 76.6. The van der Waals surface area contributed by atoms with Gasteiger partial charge >= 0.3 is 0 Å². The number of aldehydes is 1. The van der Waals surface area contributed by atoms with Crippen LogP contribution in [0.5, 0.6) is 0 Å². The van der Waals surface area contributed by atoms with Gasteiger partial charge in [-0.25, -0.2) is 0 Å². The minimum atomic E-state index is 0.125. The van der Waals surface area contributed by atoms with E-state index >= 15 is 0 Å². The number of carbonyl (C=O) groups excluding carboxylic acids is 1. The van der Waals surface area contributed by atoms with E-state index in [1.165, 1.54) is 0 Å². The average molecular weight is 112 g/mol. The molecular weight excluding hydrogens is 102 g/mol. The first-order valence-corrected chi connectivity index (χ1v) is 2.94. The lowest BCUT2D eigenvalue weighted by atomic mass is 10.1. The number of hydrogen-bond acceptors (Lipinski definition) is 2. The van der Waals surface area contributed by atoms with Gasteiger partial charge in [-0.1, -0.05) is 0 Å². The summed E-state index contributed by atoms with van der Waals surface area (Å²) in [5, 5.41) is 3.05. The normalized spacial score (nSPS) is 29.8. The fraction of sp³-hybridized carbons (Fsp3) is 0.667. The Morgan fingerprint density at radius 2 is 2.62 bits per heavy atom. The van der Waals surface area contributed by atoms with Crippen LogP contribution in [0.2, 0.25) is 0 Å². The molecule has 1 atom stereocenters. The SMILES string of the molecule is O=CC1CC[CH]CN1. The predicted octanol–water partition coefficient (Wildman–Crippen LogP) is 0.142. The Balaban J connectivity index is 2.22. The van der Waals surface area contributed by atoms with Crippen molar-refractivity contribution >= 4 is 6.29 Å². The highest BCUT2D eigenvalue weighted by Crippen LogP contribution is 2.02. The van der Waals surface area contributed by atoms with Crippen LogP contribution in [0.3, 0.4) is 0 Å². The van der Waals surface area contributed by atoms with Gasteiger partial charge in [0.15, 0.2) is 0 Å². The molecule has 1 heterocycles. The van der Waals surface area contributed by atoms with Crippen molar-refractivity contribution in [1.82, 2.24) is 5.32 Å². The van der Waals surface area contributed by atoms with E-state index in [4.69, 9.17) is 0 Å². The third-order valence-corrected chi connectivity index (χ3v) is 1.37. The summed E-state index contributed by atoms with van der Waals surface area (Å²) in [5.41, 5.74) is 0. The summed E-state index contributed by atoms with van der Waals surface area (Å²) in [7, 11) is 0. The van der Waals surface area contributed by atoms with E-state index < -0.39 is 0 Å². The molecule has 0 spiro atoms. The van der Waals surface area contributed by atoms with Crippen molar-refractivity contribution in [1.29, 1.82) is 0 Å². The van der Waals surface area contributed by atoms with Gasteiger partial charge in [-0.3, -0.25) is 0 Å². The van der Waals surface area contributed by atoms with Crippen LogP contribution >= 0.6 is 0 Å². The van der Waals surface area contributed by atoms with E-state index in [1.54, 1.807) is 0 Å². The molecule has 0 saturated carbocycles. The first-order chi connectivity index (χ1) is 3.93. The van der Waals surface area contributed by atoms with Crippen molar-refractivity contribution in [3.63, 3.8) is 0 Å². The van der Waals surface area contributed by atoms with Gasteiger partial charge in [0.25, 0.3) is 0 Å². The van der Waals surface area contributed by atoms with Crippen molar-refractivity contribution in [3.05, 3.63) is 6.42 Å². The molecule has 0 aliphatic carbocycles. The van der Waals surface area contributed by atoms with E-state index in [9.17, 15) is 4.79 Å². The predicted molar refractivity (Wildman–Crippen MR) is 31.4 cm³/mol. The van der Waals surface area contributed by atoms with Gasteiger partial charge in [0.1, 0.15) is 6.29 Å². The van der Waals surface area contributed by atoms with Crippen molar-refractivity contribution in [2.24, 2.45) is 0 Å². The molecule has 8 heavy (non-hydrogen) atoms. The van der Waals surface area contributed by atoms with Crippen molar-refractivity contribution in [2.75, 3.05) is 6.54 Å². The van der Waals surface area contributed by atoms with Crippen LogP contribution in [0.1, 0.15) is 12.8 Å². The summed E-state index contributed by atoms with van der Waals surface area (Å²) in [6.45, 7) is 0.892. The molecule has 0 aromatic heterocycles. The number of nitrogens with one attached hydrogen (secondary N) is 1. The highest BCUT2D eigenvalue weighted by atomic mass is 16.1. The van der Waals surface area contributed by atoms with Gasteiger partial charge in [0.2, 0.25) is 0 Å². The highest BCUT2D eigenvalue weighted by Gasteiger charge is 2.09. The van der Waals surface area contributed by atoms with E-state index in [0.717, 1.165) is 25.7 Å². The number of hydrogen-bond donors (Lipinski definition) is 1. The maximum absolute atomic E-state index is 10.1. The Hall–Kier alpha value is -0.370. The molecule has 1 fully saturated rings. The first kappa shape index (κ1) is 5.76. The average Bonchev–Trinajstić information content (AvgIpc) is 1.90. The number of rotatable bonds is 1. The molecule has 1 saturated heterocycles. The van der Waals surface area contributed by atoms with Crippen LogP contribution in [-0.2, 0) is 4.79 Å². The van der Waals surface area contributed by atoms with Crippen LogP contribution in [0.25, 0.3) is 0 Å². The maximum atomic E-state index is 10.1. The zero-order chi connectivity index (χ0) is 5.82. The van der Waals surface area contributed by atoms with E-state index in [2.05, 4.69) is 11.7 Å². The molecule has 1 rings (SSSR count). The number of piperidine rings is 1. The Kier molecular flexibility index (Phi) is 2.03. The maximum Gasteiger partial charge on any atom is 0.136 e. The smallest absolute Gasteiger partial charge is 0.136 e. The molecular formula is C6H10NO. The van der Waals surface area contributed by atoms with Gasteiger partial charge in [0, 0.05) is 0 Å². The minimum absolute atomic E-state index is 0.125. The van der Waals surface area contributed by atoms with Crippen LogP contribution in [0.4, 0.5) is 0 Å². The monoisotopic (exact) mass is 112 g/mol. The van der Waals surface area contributed by atoms with Crippen molar-refractivity contribution < 1.29 is 4.79 Å². The summed E-state index contributed by atoms with van der Waals surface area (Å²) < 4.78 is 0. The summed E-state index contributed by atoms with van der Waals surface area (Å²) in [5.74, 6) is 0. The summed E-state index contributed by atoms with van der Waals surface area (Å²) in [4.78, 5) is 10.1. The lowest BCUT2D eigenvalue weighted by Gasteiger charge is -2.16. The molecule has 1 N–H and O–H groups in total. The first-order valence-electron chi connectivity index (χ1n) is 2.94. The highest BCUT2D eigenvalue weighted by molar-refractivity contribution is 5.57. The van der Waals surface area contributed by atoms with Crippen LogP contribution in [0, 0.1) is 6.42 Å². The molecule has 2 heteroatoms. The molecule has 2 nitrogen and oxygen atoms in total. The van der Waals surface area contributed by atoms with Crippen molar-refractivity contribution in [2.45, 2.75) is 18.9 Å².